The highest BCUT2D eigenvalue weighted by Crippen LogP contribution is 2.24. The smallest absolute Gasteiger partial charge is 0.197 e. The lowest BCUT2D eigenvalue weighted by atomic mass is 10.1. The molecule has 0 unspecified atom stereocenters. The molecule has 1 aromatic carbocycles. The van der Waals surface area contributed by atoms with E-state index in [1.54, 1.807) is 18.2 Å². The zero-order valence-corrected chi connectivity index (χ0v) is 8.64. The van der Waals surface area contributed by atoms with Gasteiger partial charge in [-0.2, -0.15) is 0 Å². The second-order valence-electron chi connectivity index (χ2n) is 2.95. The number of carbonyl (C=O) groups excluding carboxylic acids is 1. The van der Waals surface area contributed by atoms with Gasteiger partial charge >= 0.3 is 0 Å². The third-order valence-corrected chi connectivity index (χ3v) is 2.09. The summed E-state index contributed by atoms with van der Waals surface area (Å²) in [6.45, 7) is 8.84. The summed E-state index contributed by atoms with van der Waals surface area (Å²) >= 11 is 5.76. The molecule has 14 heavy (non-hydrogen) atoms. The third kappa shape index (κ3) is 2.34. The van der Waals surface area contributed by atoms with E-state index in [1.807, 2.05) is 6.92 Å². The van der Waals surface area contributed by atoms with Crippen molar-refractivity contribution in [3.63, 3.8) is 0 Å². The molecule has 0 atom stereocenters. The van der Waals surface area contributed by atoms with Gasteiger partial charge in [-0.15, -0.1) is 0 Å². The van der Waals surface area contributed by atoms with Crippen molar-refractivity contribution in [2.24, 2.45) is 0 Å². The lowest BCUT2D eigenvalue weighted by Crippen LogP contribution is -1.97. The first-order valence-corrected chi connectivity index (χ1v) is 4.77. The van der Waals surface area contributed by atoms with Crippen molar-refractivity contribution < 1.29 is 4.79 Å². The number of Topliss-reactive ketones (excluding diaryl/α,β-unsaturated/α-hetero) is 1. The highest BCUT2D eigenvalue weighted by atomic mass is 35.5. The molecule has 0 saturated heterocycles. The van der Waals surface area contributed by atoms with Gasteiger partial charge in [0.25, 0.3) is 0 Å². The second-order valence-corrected chi connectivity index (χ2v) is 3.38. The molecule has 1 rings (SSSR count). The number of hydrogen-bond donors (Lipinski definition) is 0. The fourth-order valence-corrected chi connectivity index (χ4v) is 1.36. The minimum Gasteiger partial charge on any atom is -0.296 e. The molecule has 3 heteroatoms. The largest absolute Gasteiger partial charge is 0.296 e. The van der Waals surface area contributed by atoms with Gasteiger partial charge in [0.1, 0.15) is 0 Å². The Morgan fingerprint density at radius 3 is 2.86 bits per heavy atom. The highest BCUT2D eigenvalue weighted by Gasteiger charge is 2.10. The van der Waals surface area contributed by atoms with Crippen LogP contribution in [0.4, 0.5) is 5.69 Å². The van der Waals surface area contributed by atoms with Crippen molar-refractivity contribution in [2.45, 2.75) is 19.8 Å². The number of carbonyl (C=O) groups is 1. The van der Waals surface area contributed by atoms with Gasteiger partial charge in [-0.1, -0.05) is 30.7 Å². The number of ketones is 1. The normalized spacial score (nSPS) is 9.50. The Morgan fingerprint density at radius 2 is 2.29 bits per heavy atom. The maximum absolute atomic E-state index is 11.6. The van der Waals surface area contributed by atoms with Crippen molar-refractivity contribution in [3.8, 4) is 0 Å². The molecule has 0 aliphatic rings. The monoisotopic (exact) mass is 207 g/mol. The number of rotatable bonds is 3. The predicted octanol–water partition coefficient (Wildman–Crippen LogP) is 3.87. The van der Waals surface area contributed by atoms with Gasteiger partial charge in [-0.3, -0.25) is 4.79 Å². The molecule has 0 amide bonds. The van der Waals surface area contributed by atoms with Crippen LogP contribution < -0.4 is 0 Å². The van der Waals surface area contributed by atoms with Gasteiger partial charge in [0.2, 0.25) is 0 Å². The van der Waals surface area contributed by atoms with Crippen molar-refractivity contribution in [3.05, 3.63) is 40.2 Å². The van der Waals surface area contributed by atoms with Crippen LogP contribution in [-0.2, 0) is 0 Å². The molecule has 0 spiro atoms. The van der Waals surface area contributed by atoms with Crippen LogP contribution in [-0.4, -0.2) is 5.78 Å². The Bertz CT molecular complexity index is 393. The molecular formula is C11H10ClNO. The molecule has 0 radical (unpaired) electrons. The molecule has 0 aliphatic heterocycles. The van der Waals surface area contributed by atoms with E-state index in [-0.39, 0.29) is 5.78 Å². The standard InChI is InChI=1S/C11H10ClNO/c1-3-4-11(14)9-7-8(12)5-6-10(9)13-2/h5-7H,3-4H2,1H3. The average molecular weight is 208 g/mol. The Labute approximate surface area is 88.3 Å². The molecule has 0 N–H and O–H groups in total. The van der Waals surface area contributed by atoms with Crippen LogP contribution in [0.1, 0.15) is 30.1 Å². The fraction of sp³-hybridized carbons (Fsp3) is 0.273. The summed E-state index contributed by atoms with van der Waals surface area (Å²) in [6, 6.07) is 4.77. The van der Waals surface area contributed by atoms with E-state index in [9.17, 15) is 4.79 Å². The number of halogens is 1. The quantitative estimate of drug-likeness (QED) is 0.545. The SMILES string of the molecule is [C-]#[N+]c1ccc(Cl)cc1C(=O)CCC. The highest BCUT2D eigenvalue weighted by molar-refractivity contribution is 6.31. The summed E-state index contributed by atoms with van der Waals surface area (Å²) in [5.74, 6) is -0.0130. The molecule has 0 heterocycles. The van der Waals surface area contributed by atoms with Crippen molar-refractivity contribution >= 4 is 23.1 Å². The molecule has 72 valence electrons. The minimum atomic E-state index is -0.0130. The Hall–Kier alpha value is -1.33. The van der Waals surface area contributed by atoms with E-state index in [4.69, 9.17) is 18.2 Å². The van der Waals surface area contributed by atoms with Gasteiger partial charge < -0.3 is 0 Å². The van der Waals surface area contributed by atoms with Crippen LogP contribution in [0.15, 0.2) is 18.2 Å². The maximum Gasteiger partial charge on any atom is 0.197 e. The van der Waals surface area contributed by atoms with Crippen LogP contribution in [0.3, 0.4) is 0 Å². The molecule has 1 aromatic rings. The van der Waals surface area contributed by atoms with Gasteiger partial charge in [0.15, 0.2) is 11.5 Å². The summed E-state index contributed by atoms with van der Waals surface area (Å²) in [5.41, 5.74) is 0.821. The maximum atomic E-state index is 11.6. The first kappa shape index (κ1) is 10.7. The van der Waals surface area contributed by atoms with Crippen molar-refractivity contribution in [1.29, 1.82) is 0 Å². The molecule has 0 bridgehead atoms. The van der Waals surface area contributed by atoms with Crippen LogP contribution in [0.2, 0.25) is 5.02 Å². The van der Waals surface area contributed by atoms with Crippen LogP contribution in [0.25, 0.3) is 4.85 Å². The van der Waals surface area contributed by atoms with E-state index >= 15 is 0 Å². The second kappa shape index (κ2) is 4.78. The molecule has 0 saturated carbocycles. The fourth-order valence-electron chi connectivity index (χ4n) is 1.19. The topological polar surface area (TPSA) is 21.4 Å². The number of hydrogen-bond acceptors (Lipinski definition) is 1. The molecular weight excluding hydrogens is 198 g/mol. The van der Waals surface area contributed by atoms with E-state index in [2.05, 4.69) is 4.85 Å². The lowest BCUT2D eigenvalue weighted by molar-refractivity contribution is 0.0982. The van der Waals surface area contributed by atoms with Gasteiger partial charge in [-0.05, 0) is 12.5 Å². The number of nitrogens with zero attached hydrogens (tertiary/aromatic N) is 1. The van der Waals surface area contributed by atoms with Crippen LogP contribution in [0, 0.1) is 6.57 Å². The van der Waals surface area contributed by atoms with Gasteiger partial charge in [-0.25, -0.2) is 4.85 Å². The van der Waals surface area contributed by atoms with E-state index in [0.717, 1.165) is 6.42 Å². The Kier molecular flexibility index (Phi) is 3.67. The Balaban J connectivity index is 3.12. The molecule has 0 fully saturated rings. The van der Waals surface area contributed by atoms with Crippen LogP contribution in [0.5, 0.6) is 0 Å². The summed E-state index contributed by atoms with van der Waals surface area (Å²) in [5, 5.41) is 0.497. The zero-order valence-electron chi connectivity index (χ0n) is 7.88. The predicted molar refractivity (Wildman–Crippen MR) is 57.0 cm³/mol. The minimum absolute atomic E-state index is 0.0130. The van der Waals surface area contributed by atoms with Gasteiger partial charge in [0.05, 0.1) is 6.57 Å². The lowest BCUT2D eigenvalue weighted by Gasteiger charge is -2.02. The third-order valence-electron chi connectivity index (χ3n) is 1.86. The molecule has 2 nitrogen and oxygen atoms in total. The number of benzene rings is 1. The van der Waals surface area contributed by atoms with Crippen molar-refractivity contribution in [2.75, 3.05) is 0 Å². The van der Waals surface area contributed by atoms with Gasteiger partial charge in [0, 0.05) is 17.0 Å². The summed E-state index contributed by atoms with van der Waals surface area (Å²) in [4.78, 5) is 14.9. The summed E-state index contributed by atoms with van der Waals surface area (Å²) in [6.07, 6.45) is 1.24. The van der Waals surface area contributed by atoms with E-state index in [0.29, 0.717) is 22.7 Å². The molecule has 0 aromatic heterocycles. The van der Waals surface area contributed by atoms with E-state index in [1.165, 1.54) is 0 Å². The first-order chi connectivity index (χ1) is 6.69. The average Bonchev–Trinajstić information content (AvgIpc) is 2.18. The first-order valence-electron chi connectivity index (χ1n) is 4.39. The summed E-state index contributed by atoms with van der Waals surface area (Å²) in [7, 11) is 0. The zero-order chi connectivity index (χ0) is 10.6. The summed E-state index contributed by atoms with van der Waals surface area (Å²) < 4.78 is 0. The Morgan fingerprint density at radius 1 is 1.57 bits per heavy atom. The van der Waals surface area contributed by atoms with E-state index < -0.39 is 0 Å². The van der Waals surface area contributed by atoms with Crippen LogP contribution >= 0.6 is 11.6 Å². The molecule has 0 aliphatic carbocycles. The van der Waals surface area contributed by atoms with Crippen molar-refractivity contribution in [1.82, 2.24) is 0 Å².